The van der Waals surface area contributed by atoms with E-state index in [1.54, 1.807) is 24.3 Å². The van der Waals surface area contributed by atoms with Crippen LogP contribution >= 0.6 is 0 Å². The Kier molecular flexibility index (Phi) is 4.27. The van der Waals surface area contributed by atoms with Gasteiger partial charge in [-0.25, -0.2) is 17.6 Å². The number of benzene rings is 2. The van der Waals surface area contributed by atoms with Crippen molar-refractivity contribution in [3.8, 4) is 5.75 Å². The highest BCUT2D eigenvalue weighted by molar-refractivity contribution is 5.34. The van der Waals surface area contributed by atoms with Crippen LogP contribution in [0.15, 0.2) is 36.4 Å². The number of halogens is 4. The largest absolute Gasteiger partial charge is 0.497 e. The number of hydrogen-bond donors (Lipinski definition) is 0. The van der Waals surface area contributed by atoms with Crippen LogP contribution in [0.4, 0.5) is 17.6 Å². The lowest BCUT2D eigenvalue weighted by Crippen LogP contribution is -1.99. The molecule has 0 bridgehead atoms. The molecule has 0 saturated heterocycles. The van der Waals surface area contributed by atoms with Crippen molar-refractivity contribution in [1.82, 2.24) is 0 Å². The minimum atomic E-state index is -3.16. The van der Waals surface area contributed by atoms with Gasteiger partial charge in [0.15, 0.2) is 0 Å². The molecule has 1 nitrogen and oxygen atoms in total. The van der Waals surface area contributed by atoms with Gasteiger partial charge in [0.25, 0.3) is 6.43 Å². The Hall–Kier alpha value is -2.04. The molecule has 0 aromatic heterocycles. The van der Waals surface area contributed by atoms with Crippen LogP contribution in [0.2, 0.25) is 0 Å². The zero-order valence-corrected chi connectivity index (χ0v) is 10.7. The molecule has 20 heavy (non-hydrogen) atoms. The molecule has 0 unspecified atom stereocenters. The number of rotatable bonds is 4. The average Bonchev–Trinajstić information content (AvgIpc) is 2.38. The molecule has 0 spiro atoms. The van der Waals surface area contributed by atoms with Gasteiger partial charge < -0.3 is 4.74 Å². The van der Waals surface area contributed by atoms with Gasteiger partial charge in [-0.3, -0.25) is 0 Å². The molecule has 0 aliphatic heterocycles. The average molecular weight is 284 g/mol. The predicted octanol–water partition coefficient (Wildman–Crippen LogP) is 4.50. The maximum Gasteiger partial charge on any atom is 0.269 e. The molecular weight excluding hydrogens is 272 g/mol. The monoisotopic (exact) mass is 284 g/mol. The Morgan fingerprint density at radius 2 is 1.50 bits per heavy atom. The minimum absolute atomic E-state index is 0.251. The molecule has 106 valence electrons. The summed E-state index contributed by atoms with van der Waals surface area (Å²) in [6, 6.07) is 8.81. The van der Waals surface area contributed by atoms with E-state index in [-0.39, 0.29) is 6.42 Å². The first-order valence-corrected chi connectivity index (χ1v) is 5.90. The molecule has 5 heteroatoms. The molecular formula is C15H12F4O. The smallest absolute Gasteiger partial charge is 0.269 e. The topological polar surface area (TPSA) is 9.23 Å². The van der Waals surface area contributed by atoms with Crippen LogP contribution in [0.1, 0.15) is 23.1 Å². The first-order valence-electron chi connectivity index (χ1n) is 5.90. The highest BCUT2D eigenvalue weighted by Gasteiger charge is 2.19. The second kappa shape index (κ2) is 5.94. The number of methoxy groups -OCH3 is 1. The van der Waals surface area contributed by atoms with E-state index in [4.69, 9.17) is 4.74 Å². The van der Waals surface area contributed by atoms with Gasteiger partial charge in [-0.05, 0) is 41.8 Å². The van der Waals surface area contributed by atoms with Crippen molar-refractivity contribution in [3.05, 3.63) is 64.7 Å². The van der Waals surface area contributed by atoms with Crippen molar-refractivity contribution in [1.29, 1.82) is 0 Å². The standard InChI is InChI=1S/C15H12F4O/c1-20-11-4-2-9(3-5-11)6-10-7-12(16)14(15(18)19)13(17)8-10/h2-5,7-8,15H,6H2,1H3. The minimum Gasteiger partial charge on any atom is -0.497 e. The van der Waals surface area contributed by atoms with Gasteiger partial charge in [0.05, 0.1) is 12.7 Å². The van der Waals surface area contributed by atoms with Crippen LogP contribution in [-0.2, 0) is 6.42 Å². The summed E-state index contributed by atoms with van der Waals surface area (Å²) in [7, 11) is 1.53. The van der Waals surface area contributed by atoms with Crippen molar-refractivity contribution < 1.29 is 22.3 Å². The Balaban J connectivity index is 2.25. The van der Waals surface area contributed by atoms with Crippen LogP contribution in [0.3, 0.4) is 0 Å². The maximum atomic E-state index is 13.4. The van der Waals surface area contributed by atoms with E-state index < -0.39 is 23.6 Å². The van der Waals surface area contributed by atoms with Gasteiger partial charge in [0.2, 0.25) is 0 Å². The molecule has 0 radical (unpaired) electrons. The van der Waals surface area contributed by atoms with E-state index in [2.05, 4.69) is 0 Å². The Morgan fingerprint density at radius 1 is 0.950 bits per heavy atom. The summed E-state index contributed by atoms with van der Waals surface area (Å²) in [4.78, 5) is 0. The molecule has 0 aliphatic carbocycles. The van der Waals surface area contributed by atoms with Gasteiger partial charge in [0, 0.05) is 0 Å². The van der Waals surface area contributed by atoms with E-state index in [0.29, 0.717) is 11.3 Å². The van der Waals surface area contributed by atoms with Crippen LogP contribution < -0.4 is 4.74 Å². The van der Waals surface area contributed by atoms with Gasteiger partial charge in [-0.1, -0.05) is 12.1 Å². The third-order valence-corrected chi connectivity index (χ3v) is 2.92. The number of ether oxygens (including phenoxy) is 1. The molecule has 2 rings (SSSR count). The summed E-state index contributed by atoms with van der Waals surface area (Å²) < 4.78 is 56.8. The number of hydrogen-bond acceptors (Lipinski definition) is 1. The zero-order chi connectivity index (χ0) is 14.7. The lowest BCUT2D eigenvalue weighted by molar-refractivity contribution is 0.141. The molecule has 0 amide bonds. The van der Waals surface area contributed by atoms with Gasteiger partial charge in [-0.2, -0.15) is 0 Å². The van der Waals surface area contributed by atoms with Crippen LogP contribution in [0.25, 0.3) is 0 Å². The molecule has 0 saturated carbocycles. The summed E-state index contributed by atoms with van der Waals surface area (Å²) in [5.74, 6) is -1.77. The van der Waals surface area contributed by atoms with E-state index in [1.807, 2.05) is 0 Å². The fraction of sp³-hybridized carbons (Fsp3) is 0.200. The van der Waals surface area contributed by atoms with Crippen molar-refractivity contribution in [2.24, 2.45) is 0 Å². The first-order chi connectivity index (χ1) is 9.51. The van der Waals surface area contributed by atoms with Crippen LogP contribution in [0.5, 0.6) is 5.75 Å². The summed E-state index contributed by atoms with van der Waals surface area (Å²) in [6.07, 6.45) is -2.91. The second-order valence-electron chi connectivity index (χ2n) is 4.30. The van der Waals surface area contributed by atoms with Gasteiger partial charge in [-0.15, -0.1) is 0 Å². The van der Waals surface area contributed by atoms with Gasteiger partial charge in [0.1, 0.15) is 17.4 Å². The Morgan fingerprint density at radius 3 is 1.95 bits per heavy atom. The van der Waals surface area contributed by atoms with Crippen molar-refractivity contribution in [2.75, 3.05) is 7.11 Å². The summed E-state index contributed by atoms with van der Waals surface area (Å²) in [6.45, 7) is 0. The first kappa shape index (κ1) is 14.4. The highest BCUT2D eigenvalue weighted by Crippen LogP contribution is 2.27. The molecule has 0 N–H and O–H groups in total. The summed E-state index contributed by atoms with van der Waals surface area (Å²) in [5, 5.41) is 0. The zero-order valence-electron chi connectivity index (χ0n) is 10.7. The third-order valence-electron chi connectivity index (χ3n) is 2.92. The van der Waals surface area contributed by atoms with E-state index in [9.17, 15) is 17.6 Å². The van der Waals surface area contributed by atoms with Crippen molar-refractivity contribution >= 4 is 0 Å². The van der Waals surface area contributed by atoms with E-state index >= 15 is 0 Å². The molecule has 0 heterocycles. The fourth-order valence-electron chi connectivity index (χ4n) is 1.93. The van der Waals surface area contributed by atoms with Crippen LogP contribution in [0, 0.1) is 11.6 Å². The van der Waals surface area contributed by atoms with Gasteiger partial charge >= 0.3 is 0 Å². The van der Waals surface area contributed by atoms with Crippen LogP contribution in [-0.4, -0.2) is 7.11 Å². The van der Waals surface area contributed by atoms with Crippen molar-refractivity contribution in [3.63, 3.8) is 0 Å². The predicted molar refractivity (Wildman–Crippen MR) is 67.1 cm³/mol. The van der Waals surface area contributed by atoms with E-state index in [0.717, 1.165) is 17.7 Å². The SMILES string of the molecule is COc1ccc(Cc2cc(F)c(C(F)F)c(F)c2)cc1. The lowest BCUT2D eigenvalue weighted by atomic mass is 10.0. The number of alkyl halides is 2. The maximum absolute atomic E-state index is 13.4. The fourth-order valence-corrected chi connectivity index (χ4v) is 1.93. The third kappa shape index (κ3) is 3.10. The van der Waals surface area contributed by atoms with Crippen molar-refractivity contribution in [2.45, 2.75) is 12.8 Å². The molecule has 0 fully saturated rings. The molecule has 0 aliphatic rings. The second-order valence-corrected chi connectivity index (χ2v) is 4.30. The molecule has 0 atom stereocenters. The Bertz CT molecular complexity index is 570. The Labute approximate surface area is 113 Å². The quantitative estimate of drug-likeness (QED) is 0.751. The normalized spacial score (nSPS) is 10.9. The summed E-state index contributed by atoms with van der Waals surface area (Å²) in [5.41, 5.74) is -0.0764. The molecule has 2 aromatic carbocycles. The summed E-state index contributed by atoms with van der Waals surface area (Å²) >= 11 is 0. The lowest BCUT2D eigenvalue weighted by Gasteiger charge is -2.08. The van der Waals surface area contributed by atoms with E-state index in [1.165, 1.54) is 7.11 Å². The molecule has 2 aromatic rings. The highest BCUT2D eigenvalue weighted by atomic mass is 19.3.